The Labute approximate surface area is 101 Å². The molecule has 0 radical (unpaired) electrons. The number of hydrogen-bond donors (Lipinski definition) is 1. The maximum Gasteiger partial charge on any atom is 0.00728 e. The van der Waals surface area contributed by atoms with Gasteiger partial charge in [-0.05, 0) is 65.0 Å². The summed E-state index contributed by atoms with van der Waals surface area (Å²) in [5.74, 6) is 0.992. The van der Waals surface area contributed by atoms with Crippen molar-refractivity contribution in [3.63, 3.8) is 0 Å². The molecule has 0 aromatic heterocycles. The molecule has 2 heterocycles. The first-order valence-corrected chi connectivity index (χ1v) is 7.19. The summed E-state index contributed by atoms with van der Waals surface area (Å²) in [6, 6.07) is 2.43. The average Bonchev–Trinajstić information content (AvgIpc) is 2.58. The number of hydrogen-bond acceptors (Lipinski definition) is 2. The summed E-state index contributed by atoms with van der Waals surface area (Å²) in [5, 5.41) is 3.73. The third-order valence-corrected chi connectivity index (χ3v) is 4.53. The molecule has 0 saturated carbocycles. The van der Waals surface area contributed by atoms with Crippen molar-refractivity contribution >= 4 is 0 Å². The van der Waals surface area contributed by atoms with Gasteiger partial charge in [0, 0.05) is 18.1 Å². The Hall–Kier alpha value is -0.0800. The predicted octanol–water partition coefficient (Wildman–Crippen LogP) is 2.64. The van der Waals surface area contributed by atoms with Crippen LogP contribution in [0.25, 0.3) is 0 Å². The van der Waals surface area contributed by atoms with Crippen LogP contribution in [0.5, 0.6) is 0 Å². The number of nitrogens with zero attached hydrogens (tertiary/aromatic N) is 1. The van der Waals surface area contributed by atoms with Crippen LogP contribution < -0.4 is 5.32 Å². The molecule has 2 heteroatoms. The predicted molar refractivity (Wildman–Crippen MR) is 69.7 cm³/mol. The van der Waals surface area contributed by atoms with Crippen LogP contribution in [0.4, 0.5) is 0 Å². The minimum absolute atomic E-state index is 0.712. The molecule has 2 saturated heterocycles. The second-order valence-electron chi connectivity index (χ2n) is 5.99. The Bertz CT molecular complexity index is 203. The zero-order valence-corrected chi connectivity index (χ0v) is 11.2. The molecular formula is C14H28N2. The van der Waals surface area contributed by atoms with Gasteiger partial charge < -0.3 is 10.2 Å². The Morgan fingerprint density at radius 3 is 2.31 bits per heavy atom. The van der Waals surface area contributed by atoms with E-state index in [2.05, 4.69) is 31.0 Å². The fourth-order valence-electron chi connectivity index (χ4n) is 3.54. The molecule has 0 aliphatic carbocycles. The monoisotopic (exact) mass is 224 g/mol. The standard InChI is InChI=1S/C14H28N2/c1-4-16(11(2)3)8-7-12-9-13-5-6-14(10-12)15-13/h11-15H,4-10H2,1-3H3. The number of fused-ring (bicyclic) bond motifs is 2. The van der Waals surface area contributed by atoms with E-state index in [0.29, 0.717) is 6.04 Å². The Morgan fingerprint density at radius 1 is 1.19 bits per heavy atom. The highest BCUT2D eigenvalue weighted by molar-refractivity contribution is 4.92. The van der Waals surface area contributed by atoms with Crippen molar-refractivity contribution < 1.29 is 0 Å². The highest BCUT2D eigenvalue weighted by Gasteiger charge is 2.33. The van der Waals surface area contributed by atoms with E-state index >= 15 is 0 Å². The zero-order valence-electron chi connectivity index (χ0n) is 11.2. The van der Waals surface area contributed by atoms with Gasteiger partial charge in [-0.2, -0.15) is 0 Å². The molecule has 2 atom stereocenters. The van der Waals surface area contributed by atoms with E-state index in [1.165, 1.54) is 45.2 Å². The topological polar surface area (TPSA) is 15.3 Å². The fourth-order valence-corrected chi connectivity index (χ4v) is 3.54. The maximum absolute atomic E-state index is 3.73. The minimum Gasteiger partial charge on any atom is -0.311 e. The second-order valence-corrected chi connectivity index (χ2v) is 5.99. The summed E-state index contributed by atoms with van der Waals surface area (Å²) in [7, 11) is 0. The molecule has 1 N–H and O–H groups in total. The van der Waals surface area contributed by atoms with Crippen molar-refractivity contribution in [2.45, 2.75) is 71.0 Å². The van der Waals surface area contributed by atoms with Gasteiger partial charge >= 0.3 is 0 Å². The number of nitrogens with one attached hydrogen (secondary N) is 1. The van der Waals surface area contributed by atoms with Crippen LogP contribution in [0.3, 0.4) is 0 Å². The van der Waals surface area contributed by atoms with Crippen molar-refractivity contribution in [1.82, 2.24) is 10.2 Å². The molecule has 2 rings (SSSR count). The van der Waals surface area contributed by atoms with Crippen molar-refractivity contribution in [3.05, 3.63) is 0 Å². The van der Waals surface area contributed by atoms with Crippen LogP contribution >= 0.6 is 0 Å². The molecule has 0 aromatic rings. The molecule has 0 aromatic carbocycles. The quantitative estimate of drug-likeness (QED) is 0.772. The minimum atomic E-state index is 0.712. The molecule has 2 aliphatic rings. The summed E-state index contributed by atoms with van der Waals surface area (Å²) in [4.78, 5) is 2.60. The van der Waals surface area contributed by atoms with Gasteiger partial charge in [-0.25, -0.2) is 0 Å². The fraction of sp³-hybridized carbons (Fsp3) is 1.00. The summed E-state index contributed by atoms with van der Waals surface area (Å²) in [6.45, 7) is 9.42. The van der Waals surface area contributed by atoms with E-state index in [-0.39, 0.29) is 0 Å². The van der Waals surface area contributed by atoms with Crippen molar-refractivity contribution in [2.24, 2.45) is 5.92 Å². The highest BCUT2D eigenvalue weighted by atomic mass is 15.1. The van der Waals surface area contributed by atoms with Gasteiger partial charge in [0.2, 0.25) is 0 Å². The van der Waals surface area contributed by atoms with Crippen LogP contribution in [0.1, 0.15) is 52.9 Å². The van der Waals surface area contributed by atoms with Crippen LogP contribution in [-0.4, -0.2) is 36.1 Å². The normalized spacial score (nSPS) is 33.9. The summed E-state index contributed by atoms with van der Waals surface area (Å²) < 4.78 is 0. The molecular weight excluding hydrogens is 196 g/mol. The smallest absolute Gasteiger partial charge is 0.00728 e. The van der Waals surface area contributed by atoms with E-state index in [9.17, 15) is 0 Å². The summed E-state index contributed by atoms with van der Waals surface area (Å²) >= 11 is 0. The lowest BCUT2D eigenvalue weighted by molar-refractivity contribution is 0.194. The van der Waals surface area contributed by atoms with E-state index in [1.54, 1.807) is 0 Å². The molecule has 16 heavy (non-hydrogen) atoms. The van der Waals surface area contributed by atoms with Crippen LogP contribution in [-0.2, 0) is 0 Å². The molecule has 2 nitrogen and oxygen atoms in total. The third kappa shape index (κ3) is 2.98. The first-order valence-electron chi connectivity index (χ1n) is 7.19. The van der Waals surface area contributed by atoms with E-state index in [1.807, 2.05) is 0 Å². The number of rotatable bonds is 5. The van der Waals surface area contributed by atoms with Gasteiger partial charge in [-0.3, -0.25) is 0 Å². The highest BCUT2D eigenvalue weighted by Crippen LogP contribution is 2.32. The Morgan fingerprint density at radius 2 is 1.81 bits per heavy atom. The van der Waals surface area contributed by atoms with E-state index in [0.717, 1.165) is 18.0 Å². The molecule has 2 bridgehead atoms. The summed E-state index contributed by atoms with van der Waals surface area (Å²) in [6.07, 6.45) is 7.16. The van der Waals surface area contributed by atoms with Crippen LogP contribution in [0.15, 0.2) is 0 Å². The van der Waals surface area contributed by atoms with Crippen molar-refractivity contribution in [3.8, 4) is 0 Å². The van der Waals surface area contributed by atoms with Crippen LogP contribution in [0, 0.1) is 5.92 Å². The Kier molecular flexibility index (Phi) is 4.26. The van der Waals surface area contributed by atoms with Gasteiger partial charge in [-0.15, -0.1) is 0 Å². The Balaban J connectivity index is 1.73. The molecule has 2 fully saturated rings. The van der Waals surface area contributed by atoms with Gasteiger partial charge in [0.25, 0.3) is 0 Å². The summed E-state index contributed by atoms with van der Waals surface area (Å²) in [5.41, 5.74) is 0. The third-order valence-electron chi connectivity index (χ3n) is 4.53. The van der Waals surface area contributed by atoms with Crippen LogP contribution in [0.2, 0.25) is 0 Å². The molecule has 2 unspecified atom stereocenters. The number of piperidine rings is 1. The first kappa shape index (κ1) is 12.4. The largest absolute Gasteiger partial charge is 0.311 e. The SMILES string of the molecule is CCN(CCC1CC2CCC(C1)N2)C(C)C. The lowest BCUT2D eigenvalue weighted by Crippen LogP contribution is -2.40. The second kappa shape index (κ2) is 5.50. The maximum atomic E-state index is 3.73. The first-order chi connectivity index (χ1) is 7.69. The lowest BCUT2D eigenvalue weighted by Gasteiger charge is -2.32. The van der Waals surface area contributed by atoms with Gasteiger partial charge in [0.15, 0.2) is 0 Å². The van der Waals surface area contributed by atoms with E-state index < -0.39 is 0 Å². The average molecular weight is 224 g/mol. The molecule has 94 valence electrons. The van der Waals surface area contributed by atoms with Gasteiger partial charge in [-0.1, -0.05) is 6.92 Å². The van der Waals surface area contributed by atoms with E-state index in [4.69, 9.17) is 0 Å². The van der Waals surface area contributed by atoms with Crippen molar-refractivity contribution in [1.29, 1.82) is 0 Å². The molecule has 2 aliphatic heterocycles. The molecule has 0 amide bonds. The molecule has 0 spiro atoms. The van der Waals surface area contributed by atoms with Crippen molar-refractivity contribution in [2.75, 3.05) is 13.1 Å². The van der Waals surface area contributed by atoms with Gasteiger partial charge in [0.1, 0.15) is 0 Å². The zero-order chi connectivity index (χ0) is 11.5. The lowest BCUT2D eigenvalue weighted by atomic mass is 9.89. The van der Waals surface area contributed by atoms with Gasteiger partial charge in [0.05, 0.1) is 0 Å².